The number of para-hydroxylation sites is 2. The minimum absolute atomic E-state index is 0.0189. The third kappa shape index (κ3) is 6.34. The number of amides is 3. The first-order chi connectivity index (χ1) is 14.1. The van der Waals surface area contributed by atoms with Gasteiger partial charge in [0.1, 0.15) is 5.75 Å². The Labute approximate surface area is 170 Å². The predicted octanol–water partition coefficient (Wildman–Crippen LogP) is 2.06. The molecule has 3 rings (SSSR count). The van der Waals surface area contributed by atoms with Crippen LogP contribution < -0.4 is 15.4 Å². The van der Waals surface area contributed by atoms with Crippen molar-refractivity contribution in [3.05, 3.63) is 60.7 Å². The molecule has 7 heteroatoms. The fourth-order valence-electron chi connectivity index (χ4n) is 3.17. The Morgan fingerprint density at radius 3 is 2.17 bits per heavy atom. The van der Waals surface area contributed by atoms with E-state index < -0.39 is 11.8 Å². The molecule has 152 valence electrons. The van der Waals surface area contributed by atoms with Gasteiger partial charge in [-0.2, -0.15) is 0 Å². The number of piperidine rings is 1. The number of anilines is 1. The number of hydrogen-bond donors (Lipinski definition) is 2. The smallest absolute Gasteiger partial charge is 0.313 e. The fourth-order valence-corrected chi connectivity index (χ4v) is 3.17. The van der Waals surface area contributed by atoms with E-state index in [1.807, 2.05) is 36.4 Å². The first kappa shape index (κ1) is 20.4. The molecule has 1 aliphatic rings. The van der Waals surface area contributed by atoms with Crippen LogP contribution in [-0.2, 0) is 14.4 Å². The van der Waals surface area contributed by atoms with Gasteiger partial charge in [-0.3, -0.25) is 14.4 Å². The molecule has 2 aromatic carbocycles. The quantitative estimate of drug-likeness (QED) is 0.733. The van der Waals surface area contributed by atoms with Crippen molar-refractivity contribution in [1.82, 2.24) is 10.2 Å². The zero-order valence-corrected chi connectivity index (χ0v) is 16.2. The molecule has 0 aliphatic carbocycles. The summed E-state index contributed by atoms with van der Waals surface area (Å²) in [5.41, 5.74) is 0.581. The monoisotopic (exact) mass is 395 g/mol. The van der Waals surface area contributed by atoms with Crippen LogP contribution in [0, 0.1) is 5.92 Å². The van der Waals surface area contributed by atoms with Crippen molar-refractivity contribution in [2.45, 2.75) is 12.8 Å². The van der Waals surface area contributed by atoms with Crippen molar-refractivity contribution in [3.63, 3.8) is 0 Å². The first-order valence-electron chi connectivity index (χ1n) is 9.71. The summed E-state index contributed by atoms with van der Waals surface area (Å²) < 4.78 is 5.51. The second kappa shape index (κ2) is 10.3. The van der Waals surface area contributed by atoms with Crippen LogP contribution in [0.3, 0.4) is 0 Å². The zero-order chi connectivity index (χ0) is 20.5. The summed E-state index contributed by atoms with van der Waals surface area (Å²) in [6, 6.07) is 18.1. The minimum atomic E-state index is -0.679. The lowest BCUT2D eigenvalue weighted by atomic mass is 9.96. The lowest BCUT2D eigenvalue weighted by Gasteiger charge is -2.32. The number of rotatable bonds is 6. The second-order valence-corrected chi connectivity index (χ2v) is 6.96. The molecular weight excluding hydrogens is 370 g/mol. The molecule has 0 saturated carbocycles. The van der Waals surface area contributed by atoms with Crippen LogP contribution in [0.15, 0.2) is 60.7 Å². The molecule has 0 aromatic heterocycles. The summed E-state index contributed by atoms with van der Waals surface area (Å²) in [6.07, 6.45) is 1.55. The van der Waals surface area contributed by atoms with Crippen molar-refractivity contribution in [3.8, 4) is 5.75 Å². The molecular formula is C22H25N3O4. The van der Waals surface area contributed by atoms with E-state index in [0.29, 0.717) is 31.1 Å². The van der Waals surface area contributed by atoms with E-state index in [2.05, 4.69) is 10.6 Å². The van der Waals surface area contributed by atoms with Gasteiger partial charge in [-0.1, -0.05) is 36.4 Å². The summed E-state index contributed by atoms with van der Waals surface area (Å²) in [5.74, 6) is -0.459. The number of carbonyl (C=O) groups is 3. The highest BCUT2D eigenvalue weighted by Gasteiger charge is 2.24. The predicted molar refractivity (Wildman–Crippen MR) is 109 cm³/mol. The molecule has 0 unspecified atom stereocenters. The van der Waals surface area contributed by atoms with E-state index in [-0.39, 0.29) is 18.4 Å². The van der Waals surface area contributed by atoms with Gasteiger partial charge in [-0.25, -0.2) is 0 Å². The molecule has 7 nitrogen and oxygen atoms in total. The van der Waals surface area contributed by atoms with E-state index in [0.717, 1.165) is 12.8 Å². The van der Waals surface area contributed by atoms with Crippen molar-refractivity contribution >= 4 is 23.4 Å². The molecule has 1 aliphatic heterocycles. The van der Waals surface area contributed by atoms with Crippen LogP contribution in [0.25, 0.3) is 0 Å². The molecule has 29 heavy (non-hydrogen) atoms. The standard InChI is InChI=1S/C22H25N3O4/c26-20(16-29-19-9-5-2-6-10-19)25-13-11-17(12-14-25)15-23-21(27)22(28)24-18-7-3-1-4-8-18/h1-10,17H,11-16H2,(H,23,27)(H,24,28). The number of nitrogens with one attached hydrogen (secondary N) is 2. The van der Waals surface area contributed by atoms with Gasteiger partial charge in [-0.05, 0) is 43.0 Å². The highest BCUT2D eigenvalue weighted by Crippen LogP contribution is 2.17. The van der Waals surface area contributed by atoms with Gasteiger partial charge in [0, 0.05) is 25.3 Å². The average molecular weight is 395 g/mol. The SMILES string of the molecule is O=C(NCC1CCN(C(=O)COc2ccccc2)CC1)C(=O)Nc1ccccc1. The van der Waals surface area contributed by atoms with Gasteiger partial charge >= 0.3 is 11.8 Å². The third-order valence-corrected chi connectivity index (χ3v) is 4.86. The van der Waals surface area contributed by atoms with Crippen molar-refractivity contribution in [1.29, 1.82) is 0 Å². The van der Waals surface area contributed by atoms with Crippen LogP contribution in [-0.4, -0.2) is 48.9 Å². The van der Waals surface area contributed by atoms with Gasteiger partial charge in [0.05, 0.1) is 0 Å². The van der Waals surface area contributed by atoms with Gasteiger partial charge in [0.15, 0.2) is 6.61 Å². The van der Waals surface area contributed by atoms with Gasteiger partial charge in [0.25, 0.3) is 5.91 Å². The third-order valence-electron chi connectivity index (χ3n) is 4.86. The summed E-state index contributed by atoms with van der Waals surface area (Å²) in [7, 11) is 0. The Balaban J connectivity index is 1.34. The van der Waals surface area contributed by atoms with Crippen LogP contribution in [0.2, 0.25) is 0 Å². The number of carbonyl (C=O) groups excluding carboxylic acids is 3. The van der Waals surface area contributed by atoms with E-state index >= 15 is 0 Å². The Morgan fingerprint density at radius 1 is 0.897 bits per heavy atom. The largest absolute Gasteiger partial charge is 0.484 e. The van der Waals surface area contributed by atoms with Crippen LogP contribution in [0.5, 0.6) is 5.75 Å². The number of nitrogens with zero attached hydrogens (tertiary/aromatic N) is 1. The van der Waals surface area contributed by atoms with Crippen LogP contribution in [0.1, 0.15) is 12.8 Å². The van der Waals surface area contributed by atoms with Gasteiger partial charge in [0.2, 0.25) is 0 Å². The Bertz CT molecular complexity index is 818. The van der Waals surface area contributed by atoms with E-state index in [1.165, 1.54) is 0 Å². The molecule has 0 bridgehead atoms. The topological polar surface area (TPSA) is 87.7 Å². The molecule has 2 N–H and O–H groups in total. The second-order valence-electron chi connectivity index (χ2n) is 6.96. The summed E-state index contributed by atoms with van der Waals surface area (Å²) in [6.45, 7) is 1.68. The zero-order valence-electron chi connectivity index (χ0n) is 16.2. The summed E-state index contributed by atoms with van der Waals surface area (Å²) in [4.78, 5) is 38.0. The van der Waals surface area contributed by atoms with Crippen molar-refractivity contribution in [2.75, 3.05) is 31.6 Å². The maximum absolute atomic E-state index is 12.3. The van der Waals surface area contributed by atoms with E-state index in [4.69, 9.17) is 4.74 Å². The maximum atomic E-state index is 12.3. The fraction of sp³-hybridized carbons (Fsp3) is 0.318. The molecule has 0 radical (unpaired) electrons. The van der Waals surface area contributed by atoms with Crippen molar-refractivity contribution < 1.29 is 19.1 Å². The van der Waals surface area contributed by atoms with Gasteiger partial charge in [-0.15, -0.1) is 0 Å². The summed E-state index contributed by atoms with van der Waals surface area (Å²) in [5, 5.41) is 5.25. The first-order valence-corrected chi connectivity index (χ1v) is 9.71. The highest BCUT2D eigenvalue weighted by molar-refractivity contribution is 6.39. The number of ether oxygens (including phenoxy) is 1. The normalized spacial score (nSPS) is 14.1. The molecule has 1 saturated heterocycles. The maximum Gasteiger partial charge on any atom is 0.313 e. The Kier molecular flexibility index (Phi) is 7.22. The number of likely N-dealkylation sites (tertiary alicyclic amines) is 1. The van der Waals surface area contributed by atoms with Crippen LogP contribution in [0.4, 0.5) is 5.69 Å². The van der Waals surface area contributed by atoms with E-state index in [1.54, 1.807) is 29.2 Å². The molecule has 3 amide bonds. The number of hydrogen-bond acceptors (Lipinski definition) is 4. The van der Waals surface area contributed by atoms with Crippen molar-refractivity contribution in [2.24, 2.45) is 5.92 Å². The summed E-state index contributed by atoms with van der Waals surface area (Å²) >= 11 is 0. The lowest BCUT2D eigenvalue weighted by Crippen LogP contribution is -2.44. The van der Waals surface area contributed by atoms with Gasteiger partial charge < -0.3 is 20.3 Å². The number of benzene rings is 2. The molecule has 0 spiro atoms. The average Bonchev–Trinajstić information content (AvgIpc) is 2.77. The molecule has 1 fully saturated rings. The Morgan fingerprint density at radius 2 is 1.52 bits per heavy atom. The highest BCUT2D eigenvalue weighted by atomic mass is 16.5. The molecule has 2 aromatic rings. The van der Waals surface area contributed by atoms with Crippen LogP contribution >= 0.6 is 0 Å². The van der Waals surface area contributed by atoms with E-state index in [9.17, 15) is 14.4 Å². The molecule has 0 atom stereocenters. The Hall–Kier alpha value is -3.35. The minimum Gasteiger partial charge on any atom is -0.484 e. The lowest BCUT2D eigenvalue weighted by molar-refractivity contribution is -0.136. The molecule has 1 heterocycles.